The van der Waals surface area contributed by atoms with Crippen LogP contribution in [-0.4, -0.2) is 35.8 Å². The highest BCUT2D eigenvalue weighted by Crippen LogP contribution is 2.28. The zero-order valence-corrected chi connectivity index (χ0v) is 11.4. The molecule has 0 bridgehead atoms. The maximum atomic E-state index is 11.2. The fourth-order valence-corrected chi connectivity index (χ4v) is 2.01. The predicted octanol–water partition coefficient (Wildman–Crippen LogP) is 2.24. The van der Waals surface area contributed by atoms with E-state index >= 15 is 0 Å². The van der Waals surface area contributed by atoms with Gasteiger partial charge in [-0.3, -0.25) is 0 Å². The van der Waals surface area contributed by atoms with Crippen LogP contribution < -0.4 is 5.32 Å². The van der Waals surface area contributed by atoms with Gasteiger partial charge in [0.15, 0.2) is 0 Å². The molecule has 0 atom stereocenters. The summed E-state index contributed by atoms with van der Waals surface area (Å²) in [7, 11) is 0. The number of nitrogens with zero attached hydrogens (tertiary/aromatic N) is 1. The molecule has 0 amide bonds. The van der Waals surface area contributed by atoms with Gasteiger partial charge in [0.2, 0.25) is 0 Å². The summed E-state index contributed by atoms with van der Waals surface area (Å²) in [5.41, 5.74) is 1.78. The van der Waals surface area contributed by atoms with Crippen LogP contribution >= 0.6 is 0 Å². The maximum absolute atomic E-state index is 11.2. The molecular formula is C14H20N2O3. The van der Waals surface area contributed by atoms with Crippen molar-refractivity contribution in [2.75, 3.05) is 25.1 Å². The van der Waals surface area contributed by atoms with Crippen molar-refractivity contribution in [2.24, 2.45) is 5.92 Å². The highest BCUT2D eigenvalue weighted by atomic mass is 16.5. The second-order valence-electron chi connectivity index (χ2n) is 5.05. The number of hydrogen-bond acceptors (Lipinski definition) is 4. The van der Waals surface area contributed by atoms with E-state index in [4.69, 9.17) is 4.74 Å². The Morgan fingerprint density at radius 2 is 2.26 bits per heavy atom. The number of ether oxygens (including phenoxy) is 1. The number of nitrogens with one attached hydrogen (secondary N) is 1. The van der Waals surface area contributed by atoms with Gasteiger partial charge in [-0.25, -0.2) is 9.78 Å². The molecular weight excluding hydrogens is 244 g/mol. The number of anilines is 1. The first kappa shape index (κ1) is 13.8. The molecule has 1 aliphatic rings. The van der Waals surface area contributed by atoms with Gasteiger partial charge < -0.3 is 15.2 Å². The lowest BCUT2D eigenvalue weighted by atomic mass is 10.1. The second kappa shape index (κ2) is 6.02. The van der Waals surface area contributed by atoms with Crippen LogP contribution in [0.15, 0.2) is 6.07 Å². The predicted molar refractivity (Wildman–Crippen MR) is 72.7 cm³/mol. The second-order valence-corrected chi connectivity index (χ2v) is 5.05. The first-order valence-corrected chi connectivity index (χ1v) is 6.61. The smallest absolute Gasteiger partial charge is 0.339 e. The summed E-state index contributed by atoms with van der Waals surface area (Å²) >= 11 is 0. The number of hydrogen-bond donors (Lipinski definition) is 2. The molecule has 104 valence electrons. The molecule has 1 aromatic heterocycles. The van der Waals surface area contributed by atoms with Crippen LogP contribution in [0.4, 0.5) is 5.82 Å². The van der Waals surface area contributed by atoms with Crippen molar-refractivity contribution in [1.29, 1.82) is 0 Å². The van der Waals surface area contributed by atoms with Crippen LogP contribution in [0, 0.1) is 19.8 Å². The first-order valence-electron chi connectivity index (χ1n) is 6.61. The number of rotatable bonds is 7. The molecule has 1 saturated carbocycles. The summed E-state index contributed by atoms with van der Waals surface area (Å²) in [6.07, 6.45) is 2.55. The molecule has 5 nitrogen and oxygen atoms in total. The van der Waals surface area contributed by atoms with E-state index in [0.717, 1.165) is 23.8 Å². The van der Waals surface area contributed by atoms with Gasteiger partial charge in [0.05, 0.1) is 6.61 Å². The summed E-state index contributed by atoms with van der Waals surface area (Å²) in [6.45, 7) is 5.60. The Balaban J connectivity index is 1.91. The number of aromatic carboxylic acids is 1. The van der Waals surface area contributed by atoms with Crippen molar-refractivity contribution in [1.82, 2.24) is 4.98 Å². The number of aryl methyl sites for hydroxylation is 2. The molecule has 0 aromatic carbocycles. The van der Waals surface area contributed by atoms with Crippen LogP contribution in [0.2, 0.25) is 0 Å². The summed E-state index contributed by atoms with van der Waals surface area (Å²) in [5, 5.41) is 12.3. The molecule has 1 heterocycles. The fourth-order valence-electron chi connectivity index (χ4n) is 2.01. The lowest BCUT2D eigenvalue weighted by molar-refractivity contribution is 0.0696. The zero-order valence-electron chi connectivity index (χ0n) is 11.4. The highest BCUT2D eigenvalue weighted by Gasteiger charge is 2.21. The molecule has 0 aliphatic heterocycles. The maximum Gasteiger partial charge on any atom is 0.339 e. The van der Waals surface area contributed by atoms with Gasteiger partial charge in [-0.15, -0.1) is 0 Å². The largest absolute Gasteiger partial charge is 0.478 e. The Bertz CT molecular complexity index is 470. The molecule has 1 aliphatic carbocycles. The van der Waals surface area contributed by atoms with E-state index in [0.29, 0.717) is 19.0 Å². The van der Waals surface area contributed by atoms with Gasteiger partial charge >= 0.3 is 5.97 Å². The highest BCUT2D eigenvalue weighted by molar-refractivity contribution is 5.94. The monoisotopic (exact) mass is 264 g/mol. The van der Waals surface area contributed by atoms with E-state index in [1.165, 1.54) is 12.8 Å². The van der Waals surface area contributed by atoms with Crippen LogP contribution in [0.5, 0.6) is 0 Å². The van der Waals surface area contributed by atoms with Gasteiger partial charge in [-0.05, 0) is 44.2 Å². The van der Waals surface area contributed by atoms with Crippen LogP contribution in [0.1, 0.15) is 34.5 Å². The lowest BCUT2D eigenvalue weighted by Crippen LogP contribution is -2.15. The quantitative estimate of drug-likeness (QED) is 0.739. The van der Waals surface area contributed by atoms with Crippen LogP contribution in [0.3, 0.4) is 0 Å². The Labute approximate surface area is 113 Å². The van der Waals surface area contributed by atoms with Crippen molar-refractivity contribution < 1.29 is 14.6 Å². The number of aromatic nitrogens is 1. The molecule has 0 unspecified atom stereocenters. The number of pyridine rings is 1. The van der Waals surface area contributed by atoms with E-state index in [9.17, 15) is 9.90 Å². The van der Waals surface area contributed by atoms with Crippen molar-refractivity contribution >= 4 is 11.8 Å². The van der Waals surface area contributed by atoms with Crippen molar-refractivity contribution in [3.63, 3.8) is 0 Å². The number of carboxylic acids is 1. The standard InChI is InChI=1S/C14H20N2O3/c1-9-7-10(2)16-13(12(9)14(17)18)15-5-6-19-8-11-3-4-11/h7,11H,3-6,8H2,1-2H3,(H,15,16)(H,17,18). The topological polar surface area (TPSA) is 71.5 Å². The Morgan fingerprint density at radius 3 is 2.89 bits per heavy atom. The molecule has 2 rings (SSSR count). The average molecular weight is 264 g/mol. The molecule has 0 saturated heterocycles. The Hall–Kier alpha value is -1.62. The summed E-state index contributed by atoms with van der Waals surface area (Å²) in [4.78, 5) is 15.5. The molecule has 19 heavy (non-hydrogen) atoms. The Kier molecular flexibility index (Phi) is 4.37. The average Bonchev–Trinajstić information content (AvgIpc) is 3.10. The summed E-state index contributed by atoms with van der Waals surface area (Å²) < 4.78 is 5.50. The fraction of sp³-hybridized carbons (Fsp3) is 0.571. The summed E-state index contributed by atoms with van der Waals surface area (Å²) in [6, 6.07) is 1.78. The zero-order chi connectivity index (χ0) is 13.8. The van der Waals surface area contributed by atoms with E-state index in [1.54, 1.807) is 13.0 Å². The minimum atomic E-state index is -0.952. The normalized spacial score (nSPS) is 14.4. The van der Waals surface area contributed by atoms with Crippen LogP contribution in [0.25, 0.3) is 0 Å². The third kappa shape index (κ3) is 3.92. The Morgan fingerprint density at radius 1 is 1.53 bits per heavy atom. The molecule has 0 radical (unpaired) electrons. The molecule has 1 aromatic rings. The van der Waals surface area contributed by atoms with E-state index in [-0.39, 0.29) is 5.56 Å². The van der Waals surface area contributed by atoms with Crippen molar-refractivity contribution in [3.8, 4) is 0 Å². The van der Waals surface area contributed by atoms with Gasteiger partial charge in [0, 0.05) is 18.8 Å². The molecule has 5 heteroatoms. The summed E-state index contributed by atoms with van der Waals surface area (Å²) in [5.74, 6) is 0.223. The van der Waals surface area contributed by atoms with E-state index in [2.05, 4.69) is 10.3 Å². The molecule has 2 N–H and O–H groups in total. The van der Waals surface area contributed by atoms with Gasteiger partial charge in [0.1, 0.15) is 11.4 Å². The van der Waals surface area contributed by atoms with Gasteiger partial charge in [0.25, 0.3) is 0 Å². The van der Waals surface area contributed by atoms with Crippen LogP contribution in [-0.2, 0) is 4.74 Å². The molecule has 1 fully saturated rings. The lowest BCUT2D eigenvalue weighted by Gasteiger charge is -2.12. The third-order valence-electron chi connectivity index (χ3n) is 3.15. The molecule has 0 spiro atoms. The van der Waals surface area contributed by atoms with Crippen molar-refractivity contribution in [2.45, 2.75) is 26.7 Å². The van der Waals surface area contributed by atoms with E-state index < -0.39 is 5.97 Å². The minimum Gasteiger partial charge on any atom is -0.478 e. The van der Waals surface area contributed by atoms with Gasteiger partial charge in [-0.1, -0.05) is 0 Å². The van der Waals surface area contributed by atoms with Gasteiger partial charge in [-0.2, -0.15) is 0 Å². The minimum absolute atomic E-state index is 0.243. The SMILES string of the molecule is Cc1cc(C)c(C(=O)O)c(NCCOCC2CC2)n1. The number of carbonyl (C=O) groups is 1. The first-order chi connectivity index (χ1) is 9.08. The number of carboxylic acid groups (broad SMARTS) is 1. The van der Waals surface area contributed by atoms with E-state index in [1.807, 2.05) is 6.92 Å². The van der Waals surface area contributed by atoms with Crippen molar-refractivity contribution in [3.05, 3.63) is 22.9 Å². The third-order valence-corrected chi connectivity index (χ3v) is 3.15.